The number of hydrogen-bond donors (Lipinski definition) is 0. The Labute approximate surface area is 846 Å². The maximum absolute atomic E-state index is 5.29. The highest BCUT2D eigenvalue weighted by atomic mass is 32.1. The summed E-state index contributed by atoms with van der Waals surface area (Å²) in [5.41, 5.74) is 16.8. The molecule has 0 bridgehead atoms. The molecule has 0 amide bonds. The molecule has 0 saturated carbocycles. The maximum atomic E-state index is 5.29. The van der Waals surface area contributed by atoms with E-state index in [0.29, 0.717) is 69.6 Å². The van der Waals surface area contributed by atoms with Crippen LogP contribution in [0.2, 0.25) is 0 Å². The highest BCUT2D eigenvalue weighted by Crippen LogP contribution is 2.48. The zero-order chi connectivity index (χ0) is 96.2. The van der Waals surface area contributed by atoms with E-state index in [1.165, 1.54) is 98.2 Å². The molecule has 0 saturated heterocycles. The second-order valence-electron chi connectivity index (χ2n) is 36.0. The molecule has 0 N–H and O–H groups in total. The molecule has 0 aliphatic heterocycles. The molecule has 0 spiro atoms. The normalized spacial score (nSPS) is 11.7. The summed E-state index contributed by atoms with van der Waals surface area (Å²) in [6, 6.07) is 153. The SMILES string of the molecule is c1ccc(-c2cccc(-c3nc(-c4ccccc4)nc(-c4cnc(-n5c6ccccc6c6ccc7c8ccccc8sc7c65)nc4)n3)c2)cc1.c1ccc(-c2nc(-c3cccc(-n4c5ccccc5c5ccc6c7ccccc7sc6c54)n3)nc(-c3cccc4ccccc34)n2)cc1.c1ccc(-c2nc(-c3ccnc(-n4c5ccccc5c5ccc6c7ccccc7sc6c54)c3)nc(-c3ccc4ccccc4c3)n2)cc1. The van der Waals surface area contributed by atoms with Crippen LogP contribution in [0.3, 0.4) is 0 Å². The zero-order valence-corrected chi connectivity index (χ0v) is 80.2. The first-order valence-electron chi connectivity index (χ1n) is 48.2. The molecule has 18 aromatic carbocycles. The smallest absolute Gasteiger partial charge is 0.234 e. The van der Waals surface area contributed by atoms with E-state index in [1.54, 1.807) is 0 Å². The van der Waals surface area contributed by atoms with Gasteiger partial charge in [0.25, 0.3) is 0 Å². The fraction of sp³-hybridized carbons (Fsp3) is 0. The number of rotatable bonds is 13. The molecule has 30 aromatic rings. The molecule has 0 atom stereocenters. The number of benzene rings is 18. The number of para-hydroxylation sites is 3. The Morgan fingerprint density at radius 1 is 0.178 bits per heavy atom. The molecule has 30 rings (SSSR count). The highest BCUT2D eigenvalue weighted by molar-refractivity contribution is 7.27. The standard InChI is InChI=1S/C43H26N6S.2C42H25N5S/c1-3-12-27(13-4-1)29-16-11-17-30(24-29)41-46-40(28-14-5-2-6-15-28)47-42(48-41)31-25-44-43(45-26-31)49-36-20-9-7-18-32(36)34-22-23-35-33-19-8-10-21-37(33)50-39(35)38(34)49;1-2-13-27(14-3-1)40-44-41(33-19-10-15-26-12-4-5-16-28(26)33)46-42(45-40)34-20-11-23-37(43-34)47-35-21-8-6-17-29(35)31-24-25-32-30-18-7-9-22-36(30)48-39(32)38(31)47;1-2-11-27(12-3-1)40-44-41(29-19-18-26-10-4-5-13-28(26)24-29)46-42(45-40)30-22-23-43-37(25-30)47-35-16-8-6-14-31(35)33-20-21-34-32-15-7-9-17-36(32)48-39(34)38(33)47/h1-26H;2*1-25H. The zero-order valence-electron chi connectivity index (χ0n) is 77.8. The number of pyridine rings is 2. The lowest BCUT2D eigenvalue weighted by Crippen LogP contribution is -2.03. The summed E-state index contributed by atoms with van der Waals surface area (Å²) in [5, 5.41) is 19.3. The molecule has 0 aliphatic rings. The fourth-order valence-electron chi connectivity index (χ4n) is 20.5. The number of aromatic nitrogens is 16. The molecule has 0 aliphatic carbocycles. The van der Waals surface area contributed by atoms with Crippen molar-refractivity contribution in [1.29, 1.82) is 0 Å². The van der Waals surface area contributed by atoms with E-state index in [1.807, 2.05) is 192 Å². The summed E-state index contributed by atoms with van der Waals surface area (Å²) < 4.78 is 14.3. The molecule has 0 radical (unpaired) electrons. The lowest BCUT2D eigenvalue weighted by molar-refractivity contribution is 0.984. The van der Waals surface area contributed by atoms with Crippen LogP contribution in [0.25, 0.3) is 279 Å². The third-order valence-electron chi connectivity index (χ3n) is 27.3. The lowest BCUT2D eigenvalue weighted by atomic mass is 10.0. The van der Waals surface area contributed by atoms with Gasteiger partial charge in [-0.2, -0.15) is 0 Å². The van der Waals surface area contributed by atoms with Crippen molar-refractivity contribution in [3.05, 3.63) is 461 Å². The van der Waals surface area contributed by atoms with Crippen LogP contribution in [0.15, 0.2) is 461 Å². The van der Waals surface area contributed by atoms with Crippen molar-refractivity contribution in [2.75, 3.05) is 0 Å². The van der Waals surface area contributed by atoms with Gasteiger partial charge in [0.15, 0.2) is 52.4 Å². The molecule has 682 valence electrons. The number of hydrogen-bond acceptors (Lipinski definition) is 16. The average Bonchev–Trinajstić information content (AvgIpc) is 1.57. The molecule has 0 unspecified atom stereocenters. The van der Waals surface area contributed by atoms with Gasteiger partial charge in [-0.25, -0.2) is 64.8 Å². The summed E-state index contributed by atoms with van der Waals surface area (Å²) in [6.45, 7) is 0. The lowest BCUT2D eigenvalue weighted by Gasteiger charge is -2.12. The second-order valence-corrected chi connectivity index (χ2v) is 39.1. The van der Waals surface area contributed by atoms with Crippen LogP contribution in [0.5, 0.6) is 0 Å². The second kappa shape index (κ2) is 35.6. The minimum Gasteiger partial charge on any atom is -0.292 e. The van der Waals surface area contributed by atoms with Crippen molar-refractivity contribution < 1.29 is 0 Å². The van der Waals surface area contributed by atoms with Crippen molar-refractivity contribution in [2.24, 2.45) is 0 Å². The van der Waals surface area contributed by atoms with Crippen molar-refractivity contribution in [3.8, 4) is 131 Å². The number of fused-ring (bicyclic) bond motifs is 23. The Balaban J connectivity index is 0.000000106. The van der Waals surface area contributed by atoms with Crippen molar-refractivity contribution in [3.63, 3.8) is 0 Å². The van der Waals surface area contributed by atoms with E-state index in [2.05, 4.69) is 317 Å². The highest BCUT2D eigenvalue weighted by Gasteiger charge is 2.27. The van der Waals surface area contributed by atoms with E-state index in [0.717, 1.165) is 111 Å². The number of nitrogens with zero attached hydrogens (tertiary/aromatic N) is 16. The summed E-state index contributed by atoms with van der Waals surface area (Å²) in [6.07, 6.45) is 5.50. The first-order chi connectivity index (χ1) is 72.4. The third-order valence-corrected chi connectivity index (χ3v) is 30.9. The molecular formula is C127H76N16S3. The largest absolute Gasteiger partial charge is 0.292 e. The Bertz CT molecular complexity index is 10400. The van der Waals surface area contributed by atoms with Crippen molar-refractivity contribution >= 4 is 181 Å². The van der Waals surface area contributed by atoms with Gasteiger partial charge < -0.3 is 0 Å². The quantitative estimate of drug-likeness (QED) is 0.106. The molecule has 0 fully saturated rings. The molecule has 19 heteroatoms. The predicted molar refractivity (Wildman–Crippen MR) is 602 cm³/mol. The van der Waals surface area contributed by atoms with Gasteiger partial charge >= 0.3 is 0 Å². The Morgan fingerprint density at radius 2 is 0.534 bits per heavy atom. The van der Waals surface area contributed by atoms with Gasteiger partial charge in [-0.15, -0.1) is 34.0 Å². The molecule has 146 heavy (non-hydrogen) atoms. The van der Waals surface area contributed by atoms with E-state index in [4.69, 9.17) is 64.8 Å². The molecule has 16 nitrogen and oxygen atoms in total. The van der Waals surface area contributed by atoms with Crippen molar-refractivity contribution in [1.82, 2.24) is 78.5 Å². The monoisotopic (exact) mass is 1920 g/mol. The van der Waals surface area contributed by atoms with Crippen molar-refractivity contribution in [2.45, 2.75) is 0 Å². The van der Waals surface area contributed by atoms with Crippen LogP contribution in [0, 0.1) is 0 Å². The van der Waals surface area contributed by atoms with E-state index < -0.39 is 0 Å². The summed E-state index contributed by atoms with van der Waals surface area (Å²) in [7, 11) is 0. The first-order valence-corrected chi connectivity index (χ1v) is 50.7. The maximum Gasteiger partial charge on any atom is 0.234 e. The van der Waals surface area contributed by atoms with Gasteiger partial charge in [0, 0.05) is 136 Å². The molecule has 12 aromatic heterocycles. The van der Waals surface area contributed by atoms with Gasteiger partial charge in [0.1, 0.15) is 17.3 Å². The van der Waals surface area contributed by atoms with Gasteiger partial charge in [-0.1, -0.05) is 370 Å². The van der Waals surface area contributed by atoms with Gasteiger partial charge in [-0.3, -0.25) is 13.7 Å². The topological polar surface area (TPSA) is 182 Å². The van der Waals surface area contributed by atoms with Crippen LogP contribution in [0.4, 0.5) is 0 Å². The molecule has 12 heterocycles. The first kappa shape index (κ1) is 85.0. The van der Waals surface area contributed by atoms with Crippen LogP contribution in [-0.4, -0.2) is 78.5 Å². The van der Waals surface area contributed by atoms with Gasteiger partial charge in [-0.05, 0) is 105 Å². The third kappa shape index (κ3) is 14.9. The summed E-state index contributed by atoms with van der Waals surface area (Å²) in [5.74, 6) is 7.54. The minimum atomic E-state index is 0.514. The fourth-order valence-corrected chi connectivity index (χ4v) is 24.2. The predicted octanol–water partition coefficient (Wildman–Crippen LogP) is 32.6. The number of thiophene rings is 3. The van der Waals surface area contributed by atoms with Gasteiger partial charge in [0.05, 0.1) is 52.8 Å². The van der Waals surface area contributed by atoms with Crippen LogP contribution < -0.4 is 0 Å². The Kier molecular flexibility index (Phi) is 20.7. The Hall–Kier alpha value is -19.1. The summed E-state index contributed by atoms with van der Waals surface area (Å²) in [4.78, 5) is 65.2. The van der Waals surface area contributed by atoms with Crippen LogP contribution >= 0.6 is 34.0 Å². The Morgan fingerprint density at radius 3 is 1.06 bits per heavy atom. The van der Waals surface area contributed by atoms with Crippen LogP contribution in [-0.2, 0) is 0 Å². The average molecular weight is 1920 g/mol. The minimum absolute atomic E-state index is 0.514. The molecular weight excluding hydrogens is 1850 g/mol. The van der Waals surface area contributed by atoms with E-state index >= 15 is 0 Å². The van der Waals surface area contributed by atoms with Crippen LogP contribution in [0.1, 0.15) is 0 Å². The summed E-state index contributed by atoms with van der Waals surface area (Å²) >= 11 is 5.48. The van der Waals surface area contributed by atoms with E-state index in [-0.39, 0.29) is 0 Å². The van der Waals surface area contributed by atoms with Gasteiger partial charge in [0.2, 0.25) is 5.95 Å². The van der Waals surface area contributed by atoms with E-state index in [9.17, 15) is 0 Å².